The highest BCUT2D eigenvalue weighted by Crippen LogP contribution is 2.21. The molecule has 0 radical (unpaired) electrons. The largest absolute Gasteiger partial charge is 0.480 e. The van der Waals surface area contributed by atoms with Crippen LogP contribution in [0.15, 0.2) is 30.5 Å². The van der Waals surface area contributed by atoms with Gasteiger partial charge in [-0.05, 0) is 24.5 Å². The Balaban J connectivity index is 1.67. The number of para-hydroxylation sites is 1. The number of primary amides is 1. The van der Waals surface area contributed by atoms with E-state index in [0.29, 0.717) is 12.8 Å². The highest BCUT2D eigenvalue weighted by molar-refractivity contribution is 7.80. The summed E-state index contributed by atoms with van der Waals surface area (Å²) < 4.78 is 0. The maximum Gasteiger partial charge on any atom is 0.326 e. The molecule has 4 amide bonds. The maximum absolute atomic E-state index is 13.1. The van der Waals surface area contributed by atoms with Crippen molar-refractivity contribution in [1.82, 2.24) is 20.5 Å². The number of nitrogens with two attached hydrogens (primary N) is 2. The molecule has 1 aromatic heterocycles. The number of carbonyl (C=O) groups is 5. The average Bonchev–Trinajstić information content (AvgIpc) is 3.48. The molecule has 1 saturated heterocycles. The van der Waals surface area contributed by atoms with E-state index in [9.17, 15) is 29.1 Å². The number of amides is 4. The number of aromatic nitrogens is 1. The number of aliphatic carboxylic acids is 1. The van der Waals surface area contributed by atoms with Crippen molar-refractivity contribution in [3.05, 3.63) is 36.0 Å². The van der Waals surface area contributed by atoms with E-state index in [2.05, 4.69) is 28.2 Å². The number of benzene rings is 1. The maximum atomic E-state index is 13.1. The second-order valence-electron chi connectivity index (χ2n) is 8.67. The van der Waals surface area contributed by atoms with E-state index in [1.807, 2.05) is 24.3 Å². The van der Waals surface area contributed by atoms with E-state index in [-0.39, 0.29) is 25.1 Å². The molecule has 36 heavy (non-hydrogen) atoms. The molecule has 0 bridgehead atoms. The first-order valence-corrected chi connectivity index (χ1v) is 12.1. The molecule has 1 aliphatic heterocycles. The standard InChI is InChI=1S/C23H30N6O6S/c24-14(9-19(25)30)20(31)28-17(11-36)22(33)29-7-3-6-18(29)21(32)27-16(23(34)35)8-12-10-26-15-5-2-1-4-13(12)15/h1-2,4-5,10,14,16-18,26,36H,3,6-9,11,24H2,(H2,25,30)(H,27,32)(H,28,31)(H,34,35). The van der Waals surface area contributed by atoms with E-state index >= 15 is 0 Å². The van der Waals surface area contributed by atoms with E-state index in [1.54, 1.807) is 6.20 Å². The topological polar surface area (TPSA) is 201 Å². The van der Waals surface area contributed by atoms with Crippen molar-refractivity contribution in [1.29, 1.82) is 0 Å². The minimum Gasteiger partial charge on any atom is -0.480 e. The summed E-state index contributed by atoms with van der Waals surface area (Å²) in [7, 11) is 0. The first-order valence-electron chi connectivity index (χ1n) is 11.5. The molecule has 13 heteroatoms. The van der Waals surface area contributed by atoms with Crippen LogP contribution >= 0.6 is 12.6 Å². The molecule has 194 valence electrons. The number of carbonyl (C=O) groups excluding carboxylic acids is 4. The number of fused-ring (bicyclic) bond motifs is 1. The number of rotatable bonds is 11. The fourth-order valence-corrected chi connectivity index (χ4v) is 4.51. The molecule has 4 atom stereocenters. The number of carboxylic acids is 1. The molecule has 12 nitrogen and oxygen atoms in total. The summed E-state index contributed by atoms with van der Waals surface area (Å²) >= 11 is 4.13. The van der Waals surface area contributed by atoms with Gasteiger partial charge in [0, 0.05) is 35.8 Å². The lowest BCUT2D eigenvalue weighted by atomic mass is 10.0. The molecular formula is C23H30N6O6S. The molecule has 1 aromatic carbocycles. The van der Waals surface area contributed by atoms with Crippen LogP contribution in [0.3, 0.4) is 0 Å². The molecule has 1 fully saturated rings. The first kappa shape index (κ1) is 27.0. The molecule has 0 spiro atoms. The minimum absolute atomic E-state index is 0.0544. The van der Waals surface area contributed by atoms with Gasteiger partial charge in [0.1, 0.15) is 18.1 Å². The molecule has 0 aliphatic carbocycles. The highest BCUT2D eigenvalue weighted by atomic mass is 32.1. The first-order chi connectivity index (χ1) is 17.1. The van der Waals surface area contributed by atoms with Crippen LogP contribution in [0.5, 0.6) is 0 Å². The second-order valence-corrected chi connectivity index (χ2v) is 9.04. The van der Waals surface area contributed by atoms with Gasteiger partial charge in [0.25, 0.3) is 0 Å². The normalized spacial score (nSPS) is 17.8. The number of carboxylic acid groups (broad SMARTS) is 1. The molecule has 4 unspecified atom stereocenters. The van der Waals surface area contributed by atoms with E-state index in [1.165, 1.54) is 4.90 Å². The summed E-state index contributed by atoms with van der Waals surface area (Å²) in [6, 6.07) is 3.00. The Kier molecular flexibility index (Phi) is 8.93. The van der Waals surface area contributed by atoms with Gasteiger partial charge in [0.15, 0.2) is 0 Å². The van der Waals surface area contributed by atoms with Gasteiger partial charge in [0.2, 0.25) is 23.6 Å². The fourth-order valence-electron chi connectivity index (χ4n) is 4.27. The zero-order chi connectivity index (χ0) is 26.4. The lowest BCUT2D eigenvalue weighted by Gasteiger charge is -2.29. The van der Waals surface area contributed by atoms with Gasteiger partial charge in [-0.15, -0.1) is 0 Å². The third kappa shape index (κ3) is 6.34. The van der Waals surface area contributed by atoms with Crippen LogP contribution in [-0.2, 0) is 30.4 Å². The van der Waals surface area contributed by atoms with E-state index < -0.39 is 53.8 Å². The van der Waals surface area contributed by atoms with Gasteiger partial charge in [0.05, 0.1) is 12.5 Å². The Morgan fingerprint density at radius 2 is 1.89 bits per heavy atom. The fraction of sp³-hybridized carbons (Fsp3) is 0.435. The Morgan fingerprint density at radius 1 is 1.17 bits per heavy atom. The van der Waals surface area contributed by atoms with Crippen LogP contribution in [0, 0.1) is 0 Å². The SMILES string of the molecule is NC(=O)CC(N)C(=O)NC(CS)C(=O)N1CCCC1C(=O)NC(Cc1c[nH]c2ccccc12)C(=O)O. The van der Waals surface area contributed by atoms with Crippen LogP contribution in [-0.4, -0.2) is 81.1 Å². The minimum atomic E-state index is -1.23. The smallest absolute Gasteiger partial charge is 0.326 e. The van der Waals surface area contributed by atoms with Gasteiger partial charge >= 0.3 is 5.97 Å². The van der Waals surface area contributed by atoms with Gasteiger partial charge in [-0.2, -0.15) is 12.6 Å². The third-order valence-electron chi connectivity index (χ3n) is 6.11. The average molecular weight is 519 g/mol. The van der Waals surface area contributed by atoms with Gasteiger partial charge in [-0.1, -0.05) is 18.2 Å². The monoisotopic (exact) mass is 518 g/mol. The van der Waals surface area contributed by atoms with E-state index in [4.69, 9.17) is 11.5 Å². The summed E-state index contributed by atoms with van der Waals surface area (Å²) in [5, 5.41) is 15.6. The van der Waals surface area contributed by atoms with Crippen molar-refractivity contribution in [3.63, 3.8) is 0 Å². The summed E-state index contributed by atoms with van der Waals surface area (Å²) in [5.41, 5.74) is 12.3. The third-order valence-corrected chi connectivity index (χ3v) is 6.47. The second kappa shape index (κ2) is 11.9. The number of nitrogens with one attached hydrogen (secondary N) is 3. The molecule has 8 N–H and O–H groups in total. The van der Waals surface area contributed by atoms with Crippen LogP contribution < -0.4 is 22.1 Å². The van der Waals surface area contributed by atoms with Crippen LogP contribution in [0.2, 0.25) is 0 Å². The van der Waals surface area contributed by atoms with Gasteiger partial charge in [-0.25, -0.2) is 4.79 Å². The molecule has 2 heterocycles. The Labute approximate surface area is 212 Å². The van der Waals surface area contributed by atoms with Crippen molar-refractivity contribution in [2.75, 3.05) is 12.3 Å². The van der Waals surface area contributed by atoms with Crippen molar-refractivity contribution >= 4 is 53.1 Å². The van der Waals surface area contributed by atoms with Gasteiger partial charge in [-0.3, -0.25) is 19.2 Å². The molecule has 3 rings (SSSR count). The number of likely N-dealkylation sites (tertiary alicyclic amines) is 1. The van der Waals surface area contributed by atoms with Gasteiger partial charge < -0.3 is 37.1 Å². The van der Waals surface area contributed by atoms with Crippen molar-refractivity contribution in [3.8, 4) is 0 Å². The summed E-state index contributed by atoms with van der Waals surface area (Å²) in [5.74, 6) is -3.92. The van der Waals surface area contributed by atoms with Crippen LogP contribution in [0.25, 0.3) is 10.9 Å². The van der Waals surface area contributed by atoms with Crippen molar-refractivity contribution < 1.29 is 29.1 Å². The van der Waals surface area contributed by atoms with E-state index in [0.717, 1.165) is 16.5 Å². The molecule has 1 aliphatic rings. The summed E-state index contributed by atoms with van der Waals surface area (Å²) in [4.78, 5) is 65.8. The molecule has 0 saturated carbocycles. The lowest BCUT2D eigenvalue weighted by molar-refractivity contribution is -0.144. The molecular weight excluding hydrogens is 488 g/mol. The van der Waals surface area contributed by atoms with Crippen molar-refractivity contribution in [2.45, 2.75) is 49.9 Å². The number of thiol groups is 1. The quantitative estimate of drug-likeness (QED) is 0.183. The number of H-pyrrole nitrogens is 1. The van der Waals surface area contributed by atoms with Crippen molar-refractivity contribution in [2.24, 2.45) is 11.5 Å². The zero-order valence-electron chi connectivity index (χ0n) is 19.5. The Hall–Kier alpha value is -3.58. The number of nitrogens with zero attached hydrogens (tertiary/aromatic N) is 1. The zero-order valence-corrected chi connectivity index (χ0v) is 20.4. The predicted molar refractivity (Wildman–Crippen MR) is 134 cm³/mol. The number of hydrogen-bond donors (Lipinski definition) is 7. The summed E-state index contributed by atoms with van der Waals surface area (Å²) in [6.07, 6.45) is 2.24. The predicted octanol–water partition coefficient (Wildman–Crippen LogP) is -1.11. The number of hydrogen-bond acceptors (Lipinski definition) is 7. The van der Waals surface area contributed by atoms with Crippen LogP contribution in [0.4, 0.5) is 0 Å². The Bertz CT molecular complexity index is 1150. The molecule has 2 aromatic rings. The Morgan fingerprint density at radius 3 is 2.56 bits per heavy atom. The highest BCUT2D eigenvalue weighted by Gasteiger charge is 2.39. The number of aromatic amines is 1. The summed E-state index contributed by atoms with van der Waals surface area (Å²) in [6.45, 7) is 0.255. The van der Waals surface area contributed by atoms with Crippen LogP contribution in [0.1, 0.15) is 24.8 Å². The lowest BCUT2D eigenvalue weighted by Crippen LogP contribution is -2.57.